The number of carbonyl (C=O) groups excluding carboxylic acids is 1. The summed E-state index contributed by atoms with van der Waals surface area (Å²) in [6.45, 7) is -0.386. The number of alkyl halides is 3. The van der Waals surface area contributed by atoms with E-state index in [4.69, 9.17) is 9.47 Å². The number of esters is 1. The number of methoxy groups -OCH3 is 1. The maximum atomic E-state index is 12.9. The van der Waals surface area contributed by atoms with Crippen molar-refractivity contribution >= 4 is 12.0 Å². The van der Waals surface area contributed by atoms with Crippen molar-refractivity contribution in [3.63, 3.8) is 0 Å². The van der Waals surface area contributed by atoms with E-state index in [-0.39, 0.29) is 17.7 Å². The van der Waals surface area contributed by atoms with Crippen molar-refractivity contribution in [2.75, 3.05) is 7.11 Å². The van der Waals surface area contributed by atoms with Crippen LogP contribution in [0.25, 0.3) is 6.08 Å². The maximum absolute atomic E-state index is 12.9. The third kappa shape index (κ3) is 5.95. The molecule has 0 saturated heterocycles. The fourth-order valence-corrected chi connectivity index (χ4v) is 2.92. The first-order valence-electron chi connectivity index (χ1n) is 9.55. The van der Waals surface area contributed by atoms with Crippen LogP contribution in [0.2, 0.25) is 0 Å². The summed E-state index contributed by atoms with van der Waals surface area (Å²) in [6.07, 6.45) is -1.47. The molecule has 166 valence electrons. The monoisotopic (exact) mass is 443 g/mol. The van der Waals surface area contributed by atoms with Gasteiger partial charge in [0.15, 0.2) is 0 Å². The van der Waals surface area contributed by atoms with Crippen LogP contribution in [0.1, 0.15) is 28.4 Å². The van der Waals surface area contributed by atoms with Crippen molar-refractivity contribution in [3.05, 3.63) is 101 Å². The Morgan fingerprint density at radius 1 is 1.12 bits per heavy atom. The van der Waals surface area contributed by atoms with Gasteiger partial charge in [0.25, 0.3) is 0 Å². The van der Waals surface area contributed by atoms with Gasteiger partial charge in [-0.25, -0.2) is 4.79 Å². The number of rotatable bonds is 7. The van der Waals surface area contributed by atoms with Crippen molar-refractivity contribution in [2.24, 2.45) is 0 Å². The zero-order valence-corrected chi connectivity index (χ0v) is 17.0. The summed E-state index contributed by atoms with van der Waals surface area (Å²) in [7, 11) is 1.52. The number of ether oxygens (including phenoxy) is 2. The lowest BCUT2D eigenvalue weighted by molar-refractivity contribution is -0.141. The molecular formula is C24H20F3NO4. The van der Waals surface area contributed by atoms with Crippen molar-refractivity contribution in [1.82, 2.24) is 4.98 Å². The predicted molar refractivity (Wildman–Crippen MR) is 111 cm³/mol. The molecule has 1 heterocycles. The number of carbonyl (C=O) groups is 1. The highest BCUT2D eigenvalue weighted by atomic mass is 19.4. The summed E-state index contributed by atoms with van der Waals surface area (Å²) in [5.41, 5.74) is 0.210. The van der Waals surface area contributed by atoms with Crippen LogP contribution in [0.4, 0.5) is 13.2 Å². The lowest BCUT2D eigenvalue weighted by Gasteiger charge is -2.15. The summed E-state index contributed by atoms with van der Waals surface area (Å²) in [4.78, 5) is 16.8. The lowest BCUT2D eigenvalue weighted by Crippen LogP contribution is -2.15. The third-order valence-corrected chi connectivity index (χ3v) is 4.59. The Kier molecular flexibility index (Phi) is 7.27. The number of benzene rings is 2. The number of hydrogen-bond donors (Lipinski definition) is 1. The quantitative estimate of drug-likeness (QED) is 0.413. The topological polar surface area (TPSA) is 68.7 Å². The SMILES string of the molecule is COc1ccc(/C=C(\C(=O)OCc2cccc(C(F)(F)F)c2)C(O)c2cccnc2)cc1. The molecule has 8 heteroatoms. The number of pyridine rings is 1. The summed E-state index contributed by atoms with van der Waals surface area (Å²) in [5.74, 6) is -0.252. The summed E-state index contributed by atoms with van der Waals surface area (Å²) >= 11 is 0. The van der Waals surface area contributed by atoms with Crippen LogP contribution in [0.5, 0.6) is 5.75 Å². The zero-order valence-electron chi connectivity index (χ0n) is 17.0. The van der Waals surface area contributed by atoms with Gasteiger partial charge < -0.3 is 14.6 Å². The van der Waals surface area contributed by atoms with E-state index in [1.54, 1.807) is 36.4 Å². The molecule has 0 bridgehead atoms. The van der Waals surface area contributed by atoms with Crippen molar-refractivity contribution < 1.29 is 32.5 Å². The molecule has 0 spiro atoms. The van der Waals surface area contributed by atoms with E-state index >= 15 is 0 Å². The zero-order chi connectivity index (χ0) is 23.1. The Morgan fingerprint density at radius 2 is 1.88 bits per heavy atom. The van der Waals surface area contributed by atoms with Gasteiger partial charge in [0, 0.05) is 18.0 Å². The van der Waals surface area contributed by atoms with Gasteiger partial charge in [0.1, 0.15) is 18.5 Å². The molecule has 0 radical (unpaired) electrons. The van der Waals surface area contributed by atoms with Gasteiger partial charge in [-0.15, -0.1) is 0 Å². The highest BCUT2D eigenvalue weighted by Gasteiger charge is 2.30. The number of nitrogens with zero attached hydrogens (tertiary/aromatic N) is 1. The summed E-state index contributed by atoms with van der Waals surface area (Å²) in [6, 6.07) is 14.5. The van der Waals surface area contributed by atoms with E-state index in [2.05, 4.69) is 4.98 Å². The molecule has 0 fully saturated rings. The second-order valence-electron chi connectivity index (χ2n) is 6.84. The highest BCUT2D eigenvalue weighted by molar-refractivity contribution is 5.95. The van der Waals surface area contributed by atoms with Crippen LogP contribution in [-0.2, 0) is 22.3 Å². The molecule has 0 aliphatic rings. The molecule has 1 atom stereocenters. The minimum atomic E-state index is -4.50. The van der Waals surface area contributed by atoms with Gasteiger partial charge in [-0.1, -0.05) is 30.3 Å². The molecule has 1 unspecified atom stereocenters. The largest absolute Gasteiger partial charge is 0.497 e. The maximum Gasteiger partial charge on any atom is 0.416 e. The normalized spacial score (nSPS) is 12.8. The molecular weight excluding hydrogens is 423 g/mol. The minimum Gasteiger partial charge on any atom is -0.497 e. The Labute approximate surface area is 182 Å². The van der Waals surface area contributed by atoms with Gasteiger partial charge in [0.05, 0.1) is 18.2 Å². The Bertz CT molecular complexity index is 1080. The van der Waals surface area contributed by atoms with Crippen LogP contribution in [-0.4, -0.2) is 23.2 Å². The first kappa shape index (κ1) is 23.0. The Hall–Kier alpha value is -3.65. The van der Waals surface area contributed by atoms with Gasteiger partial charge in [-0.05, 0) is 47.5 Å². The molecule has 0 saturated carbocycles. The fraction of sp³-hybridized carbons (Fsp3) is 0.167. The van der Waals surface area contributed by atoms with E-state index in [1.807, 2.05) is 0 Å². The third-order valence-electron chi connectivity index (χ3n) is 4.59. The molecule has 5 nitrogen and oxygen atoms in total. The Balaban J connectivity index is 1.85. The van der Waals surface area contributed by atoms with E-state index in [9.17, 15) is 23.1 Å². The molecule has 0 aliphatic carbocycles. The van der Waals surface area contributed by atoms with Crippen LogP contribution in [0.3, 0.4) is 0 Å². The Morgan fingerprint density at radius 3 is 2.50 bits per heavy atom. The van der Waals surface area contributed by atoms with E-state index < -0.39 is 23.8 Å². The smallest absolute Gasteiger partial charge is 0.416 e. The van der Waals surface area contributed by atoms with Crippen LogP contribution in [0, 0.1) is 0 Å². The first-order chi connectivity index (χ1) is 15.3. The minimum absolute atomic E-state index is 0.0878. The van der Waals surface area contributed by atoms with Crippen LogP contribution >= 0.6 is 0 Å². The van der Waals surface area contributed by atoms with Crippen LogP contribution in [0.15, 0.2) is 78.6 Å². The molecule has 0 aliphatic heterocycles. The lowest BCUT2D eigenvalue weighted by atomic mass is 10.0. The van der Waals surface area contributed by atoms with E-state index in [0.717, 1.165) is 12.1 Å². The molecule has 32 heavy (non-hydrogen) atoms. The van der Waals surface area contributed by atoms with Crippen molar-refractivity contribution in [1.29, 1.82) is 0 Å². The van der Waals surface area contributed by atoms with Crippen LogP contribution < -0.4 is 4.74 Å². The molecule has 2 aromatic carbocycles. The van der Waals surface area contributed by atoms with E-state index in [0.29, 0.717) is 16.9 Å². The number of aliphatic hydroxyl groups excluding tert-OH is 1. The average molecular weight is 443 g/mol. The first-order valence-corrected chi connectivity index (χ1v) is 9.55. The van der Waals surface area contributed by atoms with Gasteiger partial charge in [-0.2, -0.15) is 13.2 Å². The summed E-state index contributed by atoms with van der Waals surface area (Å²) < 4.78 is 49.1. The summed E-state index contributed by atoms with van der Waals surface area (Å²) in [5, 5.41) is 10.8. The number of halogens is 3. The van der Waals surface area contributed by atoms with Gasteiger partial charge in [-0.3, -0.25) is 4.98 Å². The standard InChI is InChI=1S/C24H20F3NO4/c1-31-20-9-7-16(8-10-20)13-21(22(29)18-5-3-11-28-14-18)23(30)32-15-17-4-2-6-19(12-17)24(25,26)27/h2-14,22,29H,15H2,1H3/b21-13-. The second-order valence-corrected chi connectivity index (χ2v) is 6.84. The molecule has 1 aromatic heterocycles. The van der Waals surface area contributed by atoms with Gasteiger partial charge >= 0.3 is 12.1 Å². The number of hydrogen-bond acceptors (Lipinski definition) is 5. The molecule has 3 aromatic rings. The molecule has 1 N–H and O–H groups in total. The van der Waals surface area contributed by atoms with Crippen molar-refractivity contribution in [3.8, 4) is 5.75 Å². The second kappa shape index (κ2) is 10.1. The molecule has 3 rings (SSSR count). The van der Waals surface area contributed by atoms with Crippen molar-refractivity contribution in [2.45, 2.75) is 18.9 Å². The number of aliphatic hydroxyl groups is 1. The number of aromatic nitrogens is 1. The van der Waals surface area contributed by atoms with Gasteiger partial charge in [0.2, 0.25) is 0 Å². The average Bonchev–Trinajstić information content (AvgIpc) is 2.81. The highest BCUT2D eigenvalue weighted by Crippen LogP contribution is 2.30. The molecule has 0 amide bonds. The van der Waals surface area contributed by atoms with E-state index in [1.165, 1.54) is 37.7 Å². The predicted octanol–water partition coefficient (Wildman–Crippen LogP) is 4.97. The fourth-order valence-electron chi connectivity index (χ4n) is 2.92.